The molecule has 0 aliphatic carbocycles. The average Bonchev–Trinajstić information content (AvgIpc) is 2.23. The monoisotopic (exact) mass is 245 g/mol. The predicted molar refractivity (Wildman–Crippen MR) is 66.1 cm³/mol. The Bertz CT molecular complexity index is 222. The van der Waals surface area contributed by atoms with Gasteiger partial charge in [-0.1, -0.05) is 13.8 Å². The van der Waals surface area contributed by atoms with Crippen molar-refractivity contribution in [2.24, 2.45) is 0 Å². The van der Waals surface area contributed by atoms with Crippen LogP contribution in [-0.4, -0.2) is 67.6 Å². The first-order valence-corrected chi connectivity index (χ1v) is 5.88. The quantitative estimate of drug-likeness (QED) is 0.325. The molecule has 0 aromatic rings. The van der Waals surface area contributed by atoms with Crippen molar-refractivity contribution in [3.05, 3.63) is 0 Å². The first-order valence-electron chi connectivity index (χ1n) is 5.88. The third-order valence-electron chi connectivity index (χ3n) is 2.19. The molecule has 6 heteroatoms. The number of aliphatic carboxylic acids is 1. The van der Waals surface area contributed by atoms with Crippen LogP contribution >= 0.6 is 0 Å². The SMILES string of the molecule is CC(C)NCCN(CC=O)CCNCC(=O)O. The largest absolute Gasteiger partial charge is 0.480 e. The van der Waals surface area contributed by atoms with Crippen molar-refractivity contribution >= 4 is 12.3 Å². The highest BCUT2D eigenvalue weighted by Gasteiger charge is 2.04. The van der Waals surface area contributed by atoms with Crippen LogP contribution in [0.25, 0.3) is 0 Å². The summed E-state index contributed by atoms with van der Waals surface area (Å²) < 4.78 is 0. The highest BCUT2D eigenvalue weighted by Crippen LogP contribution is 1.85. The van der Waals surface area contributed by atoms with Gasteiger partial charge in [0.1, 0.15) is 6.29 Å². The smallest absolute Gasteiger partial charge is 0.317 e. The maximum atomic E-state index is 10.5. The van der Waals surface area contributed by atoms with Crippen LogP contribution in [0, 0.1) is 0 Å². The lowest BCUT2D eigenvalue weighted by atomic mass is 10.4. The summed E-state index contributed by atoms with van der Waals surface area (Å²) in [5.74, 6) is -0.867. The van der Waals surface area contributed by atoms with Gasteiger partial charge in [0.05, 0.1) is 13.1 Å². The Morgan fingerprint density at radius 2 is 2.00 bits per heavy atom. The van der Waals surface area contributed by atoms with Crippen molar-refractivity contribution in [2.45, 2.75) is 19.9 Å². The number of carboxylic acids is 1. The molecule has 6 nitrogen and oxygen atoms in total. The number of hydrogen-bond donors (Lipinski definition) is 3. The summed E-state index contributed by atoms with van der Waals surface area (Å²) in [5, 5.41) is 14.5. The van der Waals surface area contributed by atoms with Crippen LogP contribution in [0.1, 0.15) is 13.8 Å². The highest BCUT2D eigenvalue weighted by molar-refractivity contribution is 5.68. The van der Waals surface area contributed by atoms with E-state index in [1.165, 1.54) is 0 Å². The summed E-state index contributed by atoms with van der Waals surface area (Å²) >= 11 is 0. The van der Waals surface area contributed by atoms with Gasteiger partial charge in [0, 0.05) is 32.2 Å². The van der Waals surface area contributed by atoms with E-state index in [2.05, 4.69) is 24.5 Å². The molecule has 17 heavy (non-hydrogen) atoms. The normalized spacial score (nSPS) is 11.1. The Morgan fingerprint density at radius 3 is 2.53 bits per heavy atom. The van der Waals surface area contributed by atoms with Crippen LogP contribution in [0.2, 0.25) is 0 Å². The van der Waals surface area contributed by atoms with Crippen molar-refractivity contribution in [1.29, 1.82) is 0 Å². The number of carboxylic acid groups (broad SMARTS) is 1. The molecule has 3 N–H and O–H groups in total. The number of carbonyl (C=O) groups is 2. The summed E-state index contributed by atoms with van der Waals surface area (Å²) in [7, 11) is 0. The van der Waals surface area contributed by atoms with Gasteiger partial charge in [0.15, 0.2) is 0 Å². The highest BCUT2D eigenvalue weighted by atomic mass is 16.4. The van der Waals surface area contributed by atoms with E-state index >= 15 is 0 Å². The lowest BCUT2D eigenvalue weighted by Crippen LogP contribution is -2.40. The maximum absolute atomic E-state index is 10.5. The van der Waals surface area contributed by atoms with Gasteiger partial charge in [-0.25, -0.2) is 0 Å². The number of rotatable bonds is 11. The minimum absolute atomic E-state index is 0.0425. The van der Waals surface area contributed by atoms with Crippen LogP contribution in [0.3, 0.4) is 0 Å². The van der Waals surface area contributed by atoms with E-state index in [-0.39, 0.29) is 6.54 Å². The average molecular weight is 245 g/mol. The minimum Gasteiger partial charge on any atom is -0.480 e. The number of carbonyl (C=O) groups excluding carboxylic acids is 1. The third-order valence-corrected chi connectivity index (χ3v) is 2.19. The van der Waals surface area contributed by atoms with E-state index in [9.17, 15) is 9.59 Å². The second-order valence-electron chi connectivity index (χ2n) is 4.15. The number of nitrogens with zero attached hydrogens (tertiary/aromatic N) is 1. The molecule has 0 bridgehead atoms. The molecule has 0 aliphatic rings. The Balaban J connectivity index is 3.66. The maximum Gasteiger partial charge on any atom is 0.317 e. The Hall–Kier alpha value is -0.980. The van der Waals surface area contributed by atoms with Crippen LogP contribution in [0.5, 0.6) is 0 Å². The number of hydrogen-bond acceptors (Lipinski definition) is 5. The predicted octanol–water partition coefficient (Wildman–Crippen LogP) is -0.840. The topological polar surface area (TPSA) is 81.7 Å². The molecule has 0 heterocycles. The molecule has 0 aliphatic heterocycles. The van der Waals surface area contributed by atoms with Crippen molar-refractivity contribution in [2.75, 3.05) is 39.3 Å². The molecule has 0 saturated heterocycles. The summed E-state index contributed by atoms with van der Waals surface area (Å²) in [6.07, 6.45) is 0.868. The van der Waals surface area contributed by atoms with Crippen LogP contribution in [0.15, 0.2) is 0 Å². The molecule has 0 fully saturated rings. The zero-order chi connectivity index (χ0) is 13.1. The zero-order valence-corrected chi connectivity index (χ0v) is 10.6. The van der Waals surface area contributed by atoms with Gasteiger partial charge in [0.2, 0.25) is 0 Å². The Kier molecular flexibility index (Phi) is 9.60. The fourth-order valence-corrected chi connectivity index (χ4v) is 1.34. The third kappa shape index (κ3) is 11.3. The van der Waals surface area contributed by atoms with E-state index < -0.39 is 5.97 Å². The van der Waals surface area contributed by atoms with Crippen molar-refractivity contribution in [1.82, 2.24) is 15.5 Å². The van der Waals surface area contributed by atoms with Gasteiger partial charge in [0.25, 0.3) is 0 Å². The van der Waals surface area contributed by atoms with Gasteiger partial charge in [-0.05, 0) is 0 Å². The second-order valence-corrected chi connectivity index (χ2v) is 4.15. The number of aldehydes is 1. The molecule has 100 valence electrons. The zero-order valence-electron chi connectivity index (χ0n) is 10.6. The lowest BCUT2D eigenvalue weighted by Gasteiger charge is -2.20. The van der Waals surface area contributed by atoms with Gasteiger partial charge in [-0.15, -0.1) is 0 Å². The van der Waals surface area contributed by atoms with Crippen molar-refractivity contribution < 1.29 is 14.7 Å². The molecule has 0 saturated carbocycles. The van der Waals surface area contributed by atoms with Crippen molar-refractivity contribution in [3.63, 3.8) is 0 Å². The van der Waals surface area contributed by atoms with Crippen LogP contribution < -0.4 is 10.6 Å². The molecule has 0 aromatic carbocycles. The van der Waals surface area contributed by atoms with E-state index in [0.29, 0.717) is 25.7 Å². The number of nitrogens with one attached hydrogen (secondary N) is 2. The second kappa shape index (κ2) is 10.2. The first kappa shape index (κ1) is 16.0. The fourth-order valence-electron chi connectivity index (χ4n) is 1.34. The lowest BCUT2D eigenvalue weighted by molar-refractivity contribution is -0.136. The fraction of sp³-hybridized carbons (Fsp3) is 0.818. The molecule has 0 spiro atoms. The molecular formula is C11H23N3O3. The summed E-state index contributed by atoms with van der Waals surface area (Å²) in [6.45, 7) is 7.33. The standard InChI is InChI=1S/C11H23N3O3/c1-10(2)13-4-6-14(7-8-15)5-3-12-9-11(16)17/h8,10,12-13H,3-7,9H2,1-2H3,(H,16,17). The molecule has 0 atom stereocenters. The van der Waals surface area contributed by atoms with Crippen LogP contribution in [-0.2, 0) is 9.59 Å². The van der Waals surface area contributed by atoms with Crippen LogP contribution in [0.4, 0.5) is 0 Å². The molecule has 0 rings (SSSR count). The van der Waals surface area contributed by atoms with E-state index in [1.807, 2.05) is 4.90 Å². The summed E-state index contributed by atoms with van der Waals surface area (Å²) in [6, 6.07) is 0.429. The Labute approximate surface area is 102 Å². The minimum atomic E-state index is -0.867. The molecule has 0 amide bonds. The van der Waals surface area contributed by atoms with Crippen molar-refractivity contribution in [3.8, 4) is 0 Å². The summed E-state index contributed by atoms with van der Waals surface area (Å²) in [4.78, 5) is 22.7. The molecule has 0 radical (unpaired) electrons. The van der Waals surface area contributed by atoms with E-state index in [4.69, 9.17) is 5.11 Å². The molecule has 0 aromatic heterocycles. The first-order chi connectivity index (χ1) is 8.06. The Morgan fingerprint density at radius 1 is 1.35 bits per heavy atom. The van der Waals surface area contributed by atoms with E-state index in [0.717, 1.165) is 19.4 Å². The summed E-state index contributed by atoms with van der Waals surface area (Å²) in [5.41, 5.74) is 0. The van der Waals surface area contributed by atoms with Gasteiger partial charge < -0.3 is 20.5 Å². The molecular weight excluding hydrogens is 222 g/mol. The van der Waals surface area contributed by atoms with Gasteiger partial charge in [-0.2, -0.15) is 0 Å². The molecule has 0 unspecified atom stereocenters. The van der Waals surface area contributed by atoms with E-state index in [1.54, 1.807) is 0 Å². The van der Waals surface area contributed by atoms with Gasteiger partial charge >= 0.3 is 5.97 Å². The van der Waals surface area contributed by atoms with Gasteiger partial charge in [-0.3, -0.25) is 9.69 Å².